The minimum atomic E-state index is 0.0410. The number of aromatic nitrogens is 1. The number of fused-ring (bicyclic) bond motifs is 1. The molecule has 1 aliphatic carbocycles. The minimum absolute atomic E-state index is 0.0410. The zero-order chi connectivity index (χ0) is 17.2. The van der Waals surface area contributed by atoms with Crippen LogP contribution >= 0.6 is 15.9 Å². The van der Waals surface area contributed by atoms with E-state index in [1.165, 1.54) is 19.3 Å². The Hall–Kier alpha value is -1.82. The molecule has 0 unspecified atom stereocenters. The molecule has 5 nitrogen and oxygen atoms in total. The number of halogens is 1. The van der Waals surface area contributed by atoms with Crippen LogP contribution in [0.5, 0.6) is 0 Å². The molecule has 0 atom stereocenters. The Balaban J connectivity index is 1.64. The number of benzene rings is 1. The van der Waals surface area contributed by atoms with Crippen LogP contribution in [0.15, 0.2) is 33.9 Å². The van der Waals surface area contributed by atoms with Gasteiger partial charge in [0, 0.05) is 28.6 Å². The monoisotopic (exact) mass is 402 g/mol. The molecule has 0 saturated heterocycles. The fraction of sp³-hybridized carbons (Fsp3) is 0.474. The number of carbonyl (C=O) groups is 1. The van der Waals surface area contributed by atoms with Gasteiger partial charge >= 0.3 is 0 Å². The Morgan fingerprint density at radius 3 is 2.92 bits per heavy atom. The predicted octanol–water partition coefficient (Wildman–Crippen LogP) is 3.47. The number of aliphatic imine (C=N–C) groups is 1. The highest BCUT2D eigenvalue weighted by Crippen LogP contribution is 2.26. The first-order chi connectivity index (χ1) is 12.2. The van der Waals surface area contributed by atoms with Gasteiger partial charge in [0.2, 0.25) is 0 Å². The molecule has 2 heterocycles. The maximum absolute atomic E-state index is 12.9. The van der Waals surface area contributed by atoms with E-state index in [2.05, 4.69) is 42.2 Å². The normalized spacial score (nSPS) is 18.2. The molecule has 4 rings (SSSR count). The fourth-order valence-electron chi connectivity index (χ4n) is 3.80. The molecule has 1 aromatic carbocycles. The molecule has 2 N–H and O–H groups in total. The van der Waals surface area contributed by atoms with Gasteiger partial charge in [-0.15, -0.1) is 0 Å². The van der Waals surface area contributed by atoms with E-state index >= 15 is 0 Å². The molecule has 1 aliphatic heterocycles. The molecule has 25 heavy (non-hydrogen) atoms. The van der Waals surface area contributed by atoms with E-state index in [0.717, 1.165) is 52.7 Å². The molecule has 2 aliphatic rings. The van der Waals surface area contributed by atoms with Crippen molar-refractivity contribution in [3.63, 3.8) is 0 Å². The van der Waals surface area contributed by atoms with Gasteiger partial charge in [-0.1, -0.05) is 41.3 Å². The summed E-state index contributed by atoms with van der Waals surface area (Å²) in [6.07, 6.45) is 7.87. The second kappa shape index (κ2) is 7.20. The lowest BCUT2D eigenvalue weighted by Crippen LogP contribution is -2.36. The van der Waals surface area contributed by atoms with Crippen molar-refractivity contribution in [1.29, 1.82) is 0 Å². The largest absolute Gasteiger partial charge is 0.370 e. The number of hydrogen-bond acceptors (Lipinski definition) is 3. The molecule has 0 bridgehead atoms. The van der Waals surface area contributed by atoms with Crippen LogP contribution in [0.25, 0.3) is 10.9 Å². The van der Waals surface area contributed by atoms with Crippen LogP contribution in [0.2, 0.25) is 0 Å². The lowest BCUT2D eigenvalue weighted by molar-refractivity contribution is 0.0929. The van der Waals surface area contributed by atoms with Crippen LogP contribution < -0.4 is 10.6 Å². The smallest absolute Gasteiger partial charge is 0.253 e. The molecule has 6 heteroatoms. The summed E-state index contributed by atoms with van der Waals surface area (Å²) in [4.78, 5) is 17.4. The van der Waals surface area contributed by atoms with Crippen molar-refractivity contribution >= 4 is 38.6 Å². The van der Waals surface area contributed by atoms with Gasteiger partial charge in [0.1, 0.15) is 5.84 Å². The first-order valence-corrected chi connectivity index (χ1v) is 9.86. The van der Waals surface area contributed by atoms with E-state index < -0.39 is 0 Å². The van der Waals surface area contributed by atoms with Gasteiger partial charge in [-0.05, 0) is 25.0 Å². The molecule has 1 saturated carbocycles. The maximum Gasteiger partial charge on any atom is 0.253 e. The quantitative estimate of drug-likeness (QED) is 0.822. The van der Waals surface area contributed by atoms with Gasteiger partial charge in [0.15, 0.2) is 0 Å². The number of amides is 1. The summed E-state index contributed by atoms with van der Waals surface area (Å²) >= 11 is 3.55. The average molecular weight is 403 g/mol. The highest BCUT2D eigenvalue weighted by Gasteiger charge is 2.21. The predicted molar refractivity (Wildman–Crippen MR) is 104 cm³/mol. The molecule has 1 aromatic heterocycles. The SMILES string of the molecule is O=C(NC1CCCCC1)c1cn(CC2=NCCN2)c2cc(Br)ccc12. The Morgan fingerprint density at radius 1 is 1.32 bits per heavy atom. The van der Waals surface area contributed by atoms with Gasteiger partial charge in [-0.3, -0.25) is 9.79 Å². The summed E-state index contributed by atoms with van der Waals surface area (Å²) in [6.45, 7) is 2.39. The fourth-order valence-corrected chi connectivity index (χ4v) is 4.15. The maximum atomic E-state index is 12.9. The number of nitrogens with one attached hydrogen (secondary N) is 2. The summed E-state index contributed by atoms with van der Waals surface area (Å²) < 4.78 is 3.13. The molecular weight excluding hydrogens is 380 g/mol. The van der Waals surface area contributed by atoms with Crippen LogP contribution in [0.1, 0.15) is 42.5 Å². The lowest BCUT2D eigenvalue weighted by Gasteiger charge is -2.22. The average Bonchev–Trinajstić information content (AvgIpc) is 3.24. The first kappa shape index (κ1) is 16.6. The van der Waals surface area contributed by atoms with Gasteiger partial charge in [-0.2, -0.15) is 0 Å². The summed E-state index contributed by atoms with van der Waals surface area (Å²) in [6, 6.07) is 6.41. The van der Waals surface area contributed by atoms with Crippen molar-refractivity contribution in [3.05, 3.63) is 34.4 Å². The van der Waals surface area contributed by atoms with E-state index in [9.17, 15) is 4.79 Å². The number of nitrogens with zero attached hydrogens (tertiary/aromatic N) is 2. The molecule has 1 amide bonds. The van der Waals surface area contributed by atoms with Crippen LogP contribution in [0.4, 0.5) is 0 Å². The molecular formula is C19H23BrN4O. The van der Waals surface area contributed by atoms with E-state index in [-0.39, 0.29) is 5.91 Å². The Bertz CT molecular complexity index is 820. The highest BCUT2D eigenvalue weighted by atomic mass is 79.9. The van der Waals surface area contributed by atoms with Gasteiger partial charge in [0.05, 0.1) is 24.2 Å². The second-order valence-corrected chi connectivity index (χ2v) is 7.81. The Morgan fingerprint density at radius 2 is 2.16 bits per heavy atom. The van der Waals surface area contributed by atoms with Crippen molar-refractivity contribution in [3.8, 4) is 0 Å². The standard InChI is InChI=1S/C19H23BrN4O/c20-13-6-7-15-16(19(25)23-14-4-2-1-3-5-14)11-24(17(15)10-13)12-18-21-8-9-22-18/h6-7,10-11,14H,1-5,8-9,12H2,(H,21,22)(H,23,25). The third-order valence-corrected chi connectivity index (χ3v) is 5.59. The van der Waals surface area contributed by atoms with E-state index in [1.54, 1.807) is 0 Å². The van der Waals surface area contributed by atoms with Crippen molar-refractivity contribution in [2.45, 2.75) is 44.7 Å². The number of rotatable bonds is 4. The molecule has 132 valence electrons. The van der Waals surface area contributed by atoms with Gasteiger partial charge in [0.25, 0.3) is 5.91 Å². The summed E-state index contributed by atoms with van der Waals surface area (Å²) in [5, 5.41) is 7.54. The van der Waals surface area contributed by atoms with Crippen LogP contribution in [0.3, 0.4) is 0 Å². The third kappa shape index (κ3) is 3.59. The highest BCUT2D eigenvalue weighted by molar-refractivity contribution is 9.10. The summed E-state index contributed by atoms with van der Waals surface area (Å²) in [5.41, 5.74) is 1.81. The topological polar surface area (TPSA) is 58.4 Å². The lowest BCUT2D eigenvalue weighted by atomic mass is 9.95. The van der Waals surface area contributed by atoms with Crippen molar-refractivity contribution in [2.75, 3.05) is 13.1 Å². The van der Waals surface area contributed by atoms with Crippen molar-refractivity contribution < 1.29 is 4.79 Å². The van der Waals surface area contributed by atoms with Gasteiger partial charge < -0.3 is 15.2 Å². The molecule has 1 fully saturated rings. The summed E-state index contributed by atoms with van der Waals surface area (Å²) in [7, 11) is 0. The second-order valence-electron chi connectivity index (χ2n) is 6.90. The molecule has 0 spiro atoms. The number of carbonyl (C=O) groups excluding carboxylic acids is 1. The summed E-state index contributed by atoms with van der Waals surface area (Å²) in [5.74, 6) is 1.02. The Kier molecular flexibility index (Phi) is 4.79. The molecule has 0 radical (unpaired) electrons. The van der Waals surface area contributed by atoms with Crippen LogP contribution in [-0.2, 0) is 6.54 Å². The van der Waals surface area contributed by atoms with Gasteiger partial charge in [-0.25, -0.2) is 0 Å². The number of hydrogen-bond donors (Lipinski definition) is 2. The molecule has 2 aromatic rings. The number of amidine groups is 1. The van der Waals surface area contributed by atoms with Crippen LogP contribution in [0, 0.1) is 0 Å². The van der Waals surface area contributed by atoms with Crippen molar-refractivity contribution in [2.24, 2.45) is 4.99 Å². The first-order valence-electron chi connectivity index (χ1n) is 9.07. The van der Waals surface area contributed by atoms with Crippen LogP contribution in [-0.4, -0.2) is 35.4 Å². The van der Waals surface area contributed by atoms with E-state index in [1.807, 2.05) is 18.3 Å². The zero-order valence-electron chi connectivity index (χ0n) is 14.2. The minimum Gasteiger partial charge on any atom is -0.370 e. The van der Waals surface area contributed by atoms with E-state index in [0.29, 0.717) is 12.6 Å². The van der Waals surface area contributed by atoms with Crippen molar-refractivity contribution in [1.82, 2.24) is 15.2 Å². The Labute approximate surface area is 156 Å². The van der Waals surface area contributed by atoms with E-state index in [4.69, 9.17) is 0 Å². The zero-order valence-corrected chi connectivity index (χ0v) is 15.8. The third-order valence-electron chi connectivity index (χ3n) is 5.09.